The molecule has 0 aromatic carbocycles. The maximum atomic E-state index is 11.3. The molecule has 24 heavy (non-hydrogen) atoms. The monoisotopic (exact) mass is 342 g/mol. The third-order valence-corrected chi connectivity index (χ3v) is 4.28. The lowest BCUT2D eigenvalue weighted by molar-refractivity contribution is -0.144. The minimum Gasteiger partial charge on any atom is -0.466 e. The van der Waals surface area contributed by atoms with Gasteiger partial charge in [-0.05, 0) is 32.6 Å². The molecule has 0 aliphatic carbocycles. The van der Waals surface area contributed by atoms with Crippen LogP contribution >= 0.6 is 0 Å². The standard InChI is InChI=1S/C20H38O4/c1-4-23-19(21)15-13-11-9-7-6-8-10-12-14-18(3)16-17-20(22)24-5-2/h18H,4-17H2,1-3H3. The number of carbonyl (C=O) groups is 2. The SMILES string of the molecule is CCOC(=O)CCCCCCCCCCC(C)CCC(=O)OCC. The maximum absolute atomic E-state index is 11.3. The Morgan fingerprint density at radius 3 is 1.67 bits per heavy atom. The van der Waals surface area contributed by atoms with Crippen LogP contribution in [0.3, 0.4) is 0 Å². The first-order valence-electron chi connectivity index (χ1n) is 9.91. The minimum absolute atomic E-state index is 0.0606. The van der Waals surface area contributed by atoms with Gasteiger partial charge in [0.2, 0.25) is 0 Å². The Balaban J connectivity index is 3.27. The predicted molar refractivity (Wildman–Crippen MR) is 97.8 cm³/mol. The van der Waals surface area contributed by atoms with Gasteiger partial charge in [-0.2, -0.15) is 0 Å². The Morgan fingerprint density at radius 1 is 0.667 bits per heavy atom. The lowest BCUT2D eigenvalue weighted by atomic mass is 9.97. The maximum Gasteiger partial charge on any atom is 0.305 e. The molecule has 0 radical (unpaired) electrons. The summed E-state index contributed by atoms with van der Waals surface area (Å²) < 4.78 is 9.86. The average Bonchev–Trinajstić information content (AvgIpc) is 2.55. The fourth-order valence-electron chi connectivity index (χ4n) is 2.80. The second-order valence-electron chi connectivity index (χ2n) is 6.62. The van der Waals surface area contributed by atoms with Crippen LogP contribution in [0.15, 0.2) is 0 Å². The lowest BCUT2D eigenvalue weighted by Crippen LogP contribution is -2.06. The van der Waals surface area contributed by atoms with Crippen molar-refractivity contribution in [1.82, 2.24) is 0 Å². The molecule has 0 aromatic heterocycles. The van der Waals surface area contributed by atoms with Crippen LogP contribution in [0.4, 0.5) is 0 Å². The van der Waals surface area contributed by atoms with Crippen LogP contribution in [-0.4, -0.2) is 25.2 Å². The highest BCUT2D eigenvalue weighted by molar-refractivity contribution is 5.69. The van der Waals surface area contributed by atoms with Gasteiger partial charge in [-0.3, -0.25) is 9.59 Å². The number of esters is 2. The van der Waals surface area contributed by atoms with Gasteiger partial charge in [0.15, 0.2) is 0 Å². The molecule has 0 amide bonds. The molecule has 0 fully saturated rings. The molecule has 0 bridgehead atoms. The summed E-state index contributed by atoms with van der Waals surface area (Å²) in [6.07, 6.45) is 13.0. The minimum atomic E-state index is -0.0627. The van der Waals surface area contributed by atoms with Gasteiger partial charge in [0.1, 0.15) is 0 Å². The summed E-state index contributed by atoms with van der Waals surface area (Å²) in [6, 6.07) is 0. The quantitative estimate of drug-likeness (QED) is 0.277. The van der Waals surface area contributed by atoms with Crippen molar-refractivity contribution < 1.29 is 19.1 Å². The smallest absolute Gasteiger partial charge is 0.305 e. The molecule has 0 rings (SSSR count). The van der Waals surface area contributed by atoms with Gasteiger partial charge in [0.05, 0.1) is 13.2 Å². The van der Waals surface area contributed by atoms with E-state index in [1.165, 1.54) is 44.9 Å². The zero-order valence-corrected chi connectivity index (χ0v) is 16.1. The van der Waals surface area contributed by atoms with Crippen LogP contribution in [0.2, 0.25) is 0 Å². The van der Waals surface area contributed by atoms with Gasteiger partial charge in [-0.25, -0.2) is 0 Å². The first-order chi connectivity index (χ1) is 11.6. The van der Waals surface area contributed by atoms with Crippen molar-refractivity contribution in [2.24, 2.45) is 5.92 Å². The Kier molecular flexibility index (Phi) is 16.0. The zero-order valence-electron chi connectivity index (χ0n) is 16.1. The Hall–Kier alpha value is -1.06. The van der Waals surface area contributed by atoms with E-state index in [9.17, 15) is 9.59 Å². The molecule has 0 saturated carbocycles. The van der Waals surface area contributed by atoms with Crippen LogP contribution in [0.25, 0.3) is 0 Å². The molecular formula is C20H38O4. The van der Waals surface area contributed by atoms with Crippen molar-refractivity contribution in [3.63, 3.8) is 0 Å². The summed E-state index contributed by atoms with van der Waals surface area (Å²) in [5.74, 6) is 0.485. The van der Waals surface area contributed by atoms with E-state index in [2.05, 4.69) is 6.92 Å². The van der Waals surface area contributed by atoms with Gasteiger partial charge >= 0.3 is 11.9 Å². The van der Waals surface area contributed by atoms with Gasteiger partial charge in [0, 0.05) is 12.8 Å². The van der Waals surface area contributed by atoms with Gasteiger partial charge in [0.25, 0.3) is 0 Å². The third-order valence-electron chi connectivity index (χ3n) is 4.28. The van der Waals surface area contributed by atoms with E-state index < -0.39 is 0 Å². The summed E-state index contributed by atoms with van der Waals surface area (Å²) >= 11 is 0. The van der Waals surface area contributed by atoms with Crippen LogP contribution in [-0.2, 0) is 19.1 Å². The highest BCUT2D eigenvalue weighted by Gasteiger charge is 2.07. The number of ether oxygens (including phenoxy) is 2. The summed E-state index contributed by atoms with van der Waals surface area (Å²) in [7, 11) is 0. The van der Waals surface area contributed by atoms with E-state index in [0.717, 1.165) is 19.3 Å². The van der Waals surface area contributed by atoms with Crippen molar-refractivity contribution in [3.8, 4) is 0 Å². The first-order valence-corrected chi connectivity index (χ1v) is 9.91. The topological polar surface area (TPSA) is 52.6 Å². The summed E-state index contributed by atoms with van der Waals surface area (Å²) in [5, 5.41) is 0. The van der Waals surface area contributed by atoms with Gasteiger partial charge in [-0.1, -0.05) is 58.3 Å². The van der Waals surface area contributed by atoms with E-state index in [-0.39, 0.29) is 11.9 Å². The van der Waals surface area contributed by atoms with E-state index in [1.54, 1.807) is 0 Å². The summed E-state index contributed by atoms with van der Waals surface area (Å²) in [5.41, 5.74) is 0. The summed E-state index contributed by atoms with van der Waals surface area (Å²) in [6.45, 7) is 6.89. The molecule has 0 aliphatic rings. The van der Waals surface area contributed by atoms with E-state index in [1.807, 2.05) is 13.8 Å². The largest absolute Gasteiger partial charge is 0.466 e. The number of hydrogen-bond acceptors (Lipinski definition) is 4. The van der Waals surface area contributed by atoms with Crippen LogP contribution in [0.1, 0.15) is 97.8 Å². The number of carbonyl (C=O) groups excluding carboxylic acids is 2. The second-order valence-corrected chi connectivity index (χ2v) is 6.62. The highest BCUT2D eigenvalue weighted by Crippen LogP contribution is 2.17. The van der Waals surface area contributed by atoms with Crippen molar-refractivity contribution >= 4 is 11.9 Å². The van der Waals surface area contributed by atoms with Crippen molar-refractivity contribution in [2.45, 2.75) is 97.8 Å². The van der Waals surface area contributed by atoms with Crippen molar-refractivity contribution in [1.29, 1.82) is 0 Å². The molecule has 0 aliphatic heterocycles. The zero-order chi connectivity index (χ0) is 18.0. The molecule has 4 nitrogen and oxygen atoms in total. The fraction of sp³-hybridized carbons (Fsp3) is 0.900. The molecule has 4 heteroatoms. The fourth-order valence-corrected chi connectivity index (χ4v) is 2.80. The van der Waals surface area contributed by atoms with E-state index in [0.29, 0.717) is 32.0 Å². The lowest BCUT2D eigenvalue weighted by Gasteiger charge is -2.10. The number of hydrogen-bond donors (Lipinski definition) is 0. The normalized spacial score (nSPS) is 12.0. The highest BCUT2D eigenvalue weighted by atomic mass is 16.5. The van der Waals surface area contributed by atoms with E-state index in [4.69, 9.17) is 9.47 Å². The molecule has 0 N–H and O–H groups in total. The molecule has 0 heterocycles. The molecule has 0 spiro atoms. The first kappa shape index (κ1) is 22.9. The third kappa shape index (κ3) is 15.8. The Labute approximate surface area is 148 Å². The molecule has 1 atom stereocenters. The summed E-state index contributed by atoms with van der Waals surface area (Å²) in [4.78, 5) is 22.5. The second kappa shape index (κ2) is 16.8. The van der Waals surface area contributed by atoms with Crippen molar-refractivity contribution in [3.05, 3.63) is 0 Å². The van der Waals surface area contributed by atoms with Crippen LogP contribution < -0.4 is 0 Å². The van der Waals surface area contributed by atoms with E-state index >= 15 is 0 Å². The molecule has 142 valence electrons. The van der Waals surface area contributed by atoms with Crippen LogP contribution in [0.5, 0.6) is 0 Å². The average molecular weight is 343 g/mol. The van der Waals surface area contributed by atoms with Gasteiger partial charge < -0.3 is 9.47 Å². The number of unbranched alkanes of at least 4 members (excludes halogenated alkanes) is 7. The molecule has 0 saturated heterocycles. The Bertz CT molecular complexity index is 315. The Morgan fingerprint density at radius 2 is 1.12 bits per heavy atom. The predicted octanol–water partition coefficient (Wildman–Crippen LogP) is 5.43. The molecular weight excluding hydrogens is 304 g/mol. The van der Waals surface area contributed by atoms with Crippen LogP contribution in [0, 0.1) is 5.92 Å². The van der Waals surface area contributed by atoms with Crippen molar-refractivity contribution in [2.75, 3.05) is 13.2 Å². The molecule has 1 unspecified atom stereocenters. The number of rotatable bonds is 16. The van der Waals surface area contributed by atoms with Gasteiger partial charge in [-0.15, -0.1) is 0 Å². The molecule has 0 aromatic rings.